The van der Waals surface area contributed by atoms with Gasteiger partial charge in [-0.2, -0.15) is 0 Å². The van der Waals surface area contributed by atoms with Gasteiger partial charge in [0.2, 0.25) is 0 Å². The van der Waals surface area contributed by atoms with E-state index in [1.54, 1.807) is 0 Å². The molecule has 0 bridgehead atoms. The normalized spacial score (nSPS) is 11.4. The van der Waals surface area contributed by atoms with Gasteiger partial charge in [-0.3, -0.25) is 4.90 Å². The Bertz CT molecular complexity index is 622. The summed E-state index contributed by atoms with van der Waals surface area (Å²) in [6, 6.07) is 6.05. The van der Waals surface area contributed by atoms with Crippen molar-refractivity contribution in [2.24, 2.45) is 7.05 Å². The Kier molecular flexibility index (Phi) is 6.19. The van der Waals surface area contributed by atoms with E-state index in [2.05, 4.69) is 22.9 Å². The van der Waals surface area contributed by atoms with Crippen LogP contribution in [0.2, 0.25) is 0 Å². The molecule has 1 N–H and O–H groups in total. The predicted molar refractivity (Wildman–Crippen MR) is 91.1 cm³/mol. The topological polar surface area (TPSA) is 50.5 Å². The van der Waals surface area contributed by atoms with Crippen LogP contribution in [-0.4, -0.2) is 32.2 Å². The van der Waals surface area contributed by atoms with Crippen molar-refractivity contribution in [1.82, 2.24) is 14.5 Å². The van der Waals surface area contributed by atoms with E-state index in [0.29, 0.717) is 0 Å². The molecule has 5 nitrogen and oxygen atoms in total. The zero-order chi connectivity index (χ0) is 16.8. The molecule has 126 valence electrons. The van der Waals surface area contributed by atoms with Gasteiger partial charge in [0.25, 0.3) is 0 Å². The maximum atomic E-state index is 9.58. The molecule has 0 fully saturated rings. The first kappa shape index (κ1) is 17.5. The molecule has 1 aromatic heterocycles. The second-order valence-electron chi connectivity index (χ2n) is 6.02. The molecule has 5 heteroatoms. The third-order valence-electron chi connectivity index (χ3n) is 3.80. The molecule has 2 aromatic rings. The van der Waals surface area contributed by atoms with E-state index < -0.39 is 0 Å². The molecule has 0 aliphatic carbocycles. The SMILES string of the molecule is CCN(Cc1ccc(OC(C)C)c(CO)c1)Cc1nccn1C. The average Bonchev–Trinajstić information content (AvgIpc) is 2.92. The van der Waals surface area contributed by atoms with E-state index in [1.165, 1.54) is 5.56 Å². The molecule has 0 saturated carbocycles. The fourth-order valence-corrected chi connectivity index (χ4v) is 2.51. The van der Waals surface area contributed by atoms with E-state index in [9.17, 15) is 5.11 Å². The molecular weight excluding hydrogens is 290 g/mol. The summed E-state index contributed by atoms with van der Waals surface area (Å²) in [4.78, 5) is 6.71. The number of benzene rings is 1. The second-order valence-corrected chi connectivity index (χ2v) is 6.02. The summed E-state index contributed by atoms with van der Waals surface area (Å²) in [5, 5.41) is 9.58. The van der Waals surface area contributed by atoms with Crippen LogP contribution in [0.25, 0.3) is 0 Å². The Balaban J connectivity index is 2.09. The maximum absolute atomic E-state index is 9.58. The van der Waals surface area contributed by atoms with Crippen molar-refractivity contribution in [2.45, 2.75) is 46.6 Å². The summed E-state index contributed by atoms with van der Waals surface area (Å²) >= 11 is 0. The zero-order valence-electron chi connectivity index (χ0n) is 14.5. The zero-order valence-corrected chi connectivity index (χ0v) is 14.5. The van der Waals surface area contributed by atoms with Crippen molar-refractivity contribution >= 4 is 0 Å². The van der Waals surface area contributed by atoms with E-state index in [4.69, 9.17) is 4.74 Å². The summed E-state index contributed by atoms with van der Waals surface area (Å²) in [5.74, 6) is 1.81. The average molecular weight is 317 g/mol. The number of aromatic nitrogens is 2. The van der Waals surface area contributed by atoms with Gasteiger partial charge in [0.05, 0.1) is 19.3 Å². The molecule has 0 spiro atoms. The number of nitrogens with zero attached hydrogens (tertiary/aromatic N) is 3. The highest BCUT2D eigenvalue weighted by atomic mass is 16.5. The molecule has 1 aromatic carbocycles. The van der Waals surface area contributed by atoms with Crippen LogP contribution in [0.15, 0.2) is 30.6 Å². The lowest BCUT2D eigenvalue weighted by atomic mass is 10.1. The van der Waals surface area contributed by atoms with Gasteiger partial charge in [0, 0.05) is 31.5 Å². The minimum Gasteiger partial charge on any atom is -0.491 e. The predicted octanol–water partition coefficient (Wildman–Crippen LogP) is 2.72. The number of hydrogen-bond donors (Lipinski definition) is 1. The maximum Gasteiger partial charge on any atom is 0.125 e. The van der Waals surface area contributed by atoms with Crippen molar-refractivity contribution in [1.29, 1.82) is 0 Å². The van der Waals surface area contributed by atoms with E-state index >= 15 is 0 Å². The van der Waals surface area contributed by atoms with Crippen LogP contribution in [-0.2, 0) is 26.7 Å². The molecule has 0 saturated heterocycles. The monoisotopic (exact) mass is 317 g/mol. The summed E-state index contributed by atoms with van der Waals surface area (Å²) in [6.07, 6.45) is 3.89. The molecule has 23 heavy (non-hydrogen) atoms. The van der Waals surface area contributed by atoms with Gasteiger partial charge >= 0.3 is 0 Å². The quantitative estimate of drug-likeness (QED) is 0.813. The van der Waals surface area contributed by atoms with Gasteiger partial charge in [-0.1, -0.05) is 13.0 Å². The Hall–Kier alpha value is -1.85. The Morgan fingerprint density at radius 2 is 2.09 bits per heavy atom. The Morgan fingerprint density at radius 3 is 2.65 bits per heavy atom. The van der Waals surface area contributed by atoms with Crippen LogP contribution < -0.4 is 4.74 Å². The van der Waals surface area contributed by atoms with Crippen LogP contribution in [0.5, 0.6) is 5.75 Å². The van der Waals surface area contributed by atoms with Crippen molar-refractivity contribution in [3.63, 3.8) is 0 Å². The molecular formula is C18H27N3O2. The standard InChI is InChI=1S/C18H27N3O2/c1-5-21(12-18-19-8-9-20(18)4)11-15-6-7-17(23-14(2)3)16(10-15)13-22/h6-10,14,22H,5,11-13H2,1-4H3. The fraction of sp³-hybridized carbons (Fsp3) is 0.500. The van der Waals surface area contributed by atoms with E-state index in [1.807, 2.05) is 50.0 Å². The first-order valence-electron chi connectivity index (χ1n) is 8.11. The summed E-state index contributed by atoms with van der Waals surface area (Å²) in [5.41, 5.74) is 2.01. The Morgan fingerprint density at radius 1 is 1.30 bits per heavy atom. The lowest BCUT2D eigenvalue weighted by molar-refractivity contribution is 0.224. The van der Waals surface area contributed by atoms with Gasteiger partial charge < -0.3 is 14.4 Å². The molecule has 0 aliphatic rings. The second kappa shape index (κ2) is 8.13. The third-order valence-corrected chi connectivity index (χ3v) is 3.80. The Labute approximate surface area is 138 Å². The van der Waals surface area contributed by atoms with Crippen molar-refractivity contribution in [3.8, 4) is 5.75 Å². The molecule has 0 radical (unpaired) electrons. The highest BCUT2D eigenvalue weighted by molar-refractivity contribution is 5.37. The van der Waals surface area contributed by atoms with Gasteiger partial charge in [0.15, 0.2) is 0 Å². The van der Waals surface area contributed by atoms with Crippen LogP contribution in [0.4, 0.5) is 0 Å². The minimum absolute atomic E-state index is 0.0125. The fourth-order valence-electron chi connectivity index (χ4n) is 2.51. The van der Waals surface area contributed by atoms with Crippen LogP contribution in [0, 0.1) is 0 Å². The number of ether oxygens (including phenoxy) is 1. The number of rotatable bonds is 8. The van der Waals surface area contributed by atoms with Gasteiger partial charge in [-0.15, -0.1) is 0 Å². The minimum atomic E-state index is -0.0125. The number of aliphatic hydroxyl groups is 1. The molecule has 0 aliphatic heterocycles. The molecule has 0 amide bonds. The van der Waals surface area contributed by atoms with Crippen LogP contribution >= 0.6 is 0 Å². The molecule has 0 unspecified atom stereocenters. The van der Waals surface area contributed by atoms with Gasteiger partial charge in [0.1, 0.15) is 11.6 Å². The summed E-state index contributed by atoms with van der Waals surface area (Å²) < 4.78 is 7.78. The van der Waals surface area contributed by atoms with Gasteiger partial charge in [-0.05, 0) is 38.1 Å². The first-order chi connectivity index (χ1) is 11.0. The van der Waals surface area contributed by atoms with Crippen molar-refractivity contribution in [2.75, 3.05) is 6.54 Å². The van der Waals surface area contributed by atoms with Crippen LogP contribution in [0.3, 0.4) is 0 Å². The number of hydrogen-bond acceptors (Lipinski definition) is 4. The first-order valence-corrected chi connectivity index (χ1v) is 8.11. The smallest absolute Gasteiger partial charge is 0.125 e. The van der Waals surface area contributed by atoms with Gasteiger partial charge in [-0.25, -0.2) is 4.98 Å². The molecule has 2 rings (SSSR count). The lowest BCUT2D eigenvalue weighted by Gasteiger charge is -2.21. The largest absolute Gasteiger partial charge is 0.491 e. The number of aryl methyl sites for hydroxylation is 1. The third kappa shape index (κ3) is 4.81. The molecule has 1 heterocycles. The van der Waals surface area contributed by atoms with E-state index in [0.717, 1.165) is 36.8 Å². The van der Waals surface area contributed by atoms with E-state index in [-0.39, 0.29) is 12.7 Å². The number of imidazole rings is 1. The number of aliphatic hydroxyl groups excluding tert-OH is 1. The summed E-state index contributed by atoms with van der Waals surface area (Å²) in [6.45, 7) is 8.66. The molecule has 0 atom stereocenters. The lowest BCUT2D eigenvalue weighted by Crippen LogP contribution is -2.24. The summed E-state index contributed by atoms with van der Waals surface area (Å²) in [7, 11) is 2.01. The van der Waals surface area contributed by atoms with Crippen molar-refractivity contribution < 1.29 is 9.84 Å². The highest BCUT2D eigenvalue weighted by Crippen LogP contribution is 2.22. The van der Waals surface area contributed by atoms with Crippen molar-refractivity contribution in [3.05, 3.63) is 47.5 Å². The van der Waals surface area contributed by atoms with Crippen LogP contribution in [0.1, 0.15) is 37.7 Å². The highest BCUT2D eigenvalue weighted by Gasteiger charge is 2.11.